The molecule has 0 spiro atoms. The minimum absolute atomic E-state index is 0.275. The van der Waals surface area contributed by atoms with E-state index in [0.29, 0.717) is 15.8 Å². The first-order valence-electron chi connectivity index (χ1n) is 7.79. The van der Waals surface area contributed by atoms with Gasteiger partial charge in [-0.25, -0.2) is 9.50 Å². The number of benzene rings is 1. The average molecular weight is 388 g/mol. The second-order valence-corrected chi connectivity index (χ2v) is 6.02. The molecule has 1 N–H and O–H groups in total. The molecule has 1 aromatic carbocycles. The number of hydrogen-bond donors (Lipinski definition) is 1. The summed E-state index contributed by atoms with van der Waals surface area (Å²) in [7, 11) is 0. The summed E-state index contributed by atoms with van der Waals surface area (Å²) in [5.41, 5.74) is 2.78. The van der Waals surface area contributed by atoms with Crippen molar-refractivity contribution in [3.05, 3.63) is 52.9 Å². The predicted octanol–water partition coefficient (Wildman–Crippen LogP) is 3.59. The molecule has 0 unspecified atom stereocenters. The third kappa shape index (κ3) is 3.12. The Labute approximate surface area is 148 Å². The molecular formula is C17H18BrN5O. The lowest BCUT2D eigenvalue weighted by Crippen LogP contribution is -2.21. The van der Waals surface area contributed by atoms with E-state index in [2.05, 4.69) is 50.1 Å². The largest absolute Gasteiger partial charge is 0.372 e. The fourth-order valence-electron chi connectivity index (χ4n) is 2.54. The number of rotatable bonds is 5. The Morgan fingerprint density at radius 1 is 1.25 bits per heavy atom. The Hall–Kier alpha value is -2.41. The Morgan fingerprint density at radius 2 is 1.96 bits per heavy atom. The monoisotopic (exact) mass is 387 g/mol. The number of nitrogens with one attached hydrogen (secondary N) is 1. The van der Waals surface area contributed by atoms with E-state index < -0.39 is 0 Å². The first kappa shape index (κ1) is 16.4. The molecule has 3 aromatic rings. The quantitative estimate of drug-likeness (QED) is 0.726. The molecule has 1 amide bonds. The lowest BCUT2D eigenvalue weighted by Gasteiger charge is -2.21. The maximum absolute atomic E-state index is 12.5. The highest BCUT2D eigenvalue weighted by molar-refractivity contribution is 9.10. The maximum atomic E-state index is 12.5. The van der Waals surface area contributed by atoms with Gasteiger partial charge in [0.15, 0.2) is 11.3 Å². The number of fused-ring (bicyclic) bond motifs is 1. The molecule has 124 valence electrons. The number of anilines is 2. The van der Waals surface area contributed by atoms with Crippen LogP contribution in [0.25, 0.3) is 5.65 Å². The lowest BCUT2D eigenvalue weighted by atomic mass is 10.2. The van der Waals surface area contributed by atoms with Crippen molar-refractivity contribution in [1.29, 1.82) is 0 Å². The van der Waals surface area contributed by atoms with Gasteiger partial charge in [-0.15, -0.1) is 0 Å². The normalized spacial score (nSPS) is 10.8. The van der Waals surface area contributed by atoms with Crippen LogP contribution in [0.1, 0.15) is 24.3 Å². The van der Waals surface area contributed by atoms with Crippen LogP contribution < -0.4 is 10.2 Å². The smallest absolute Gasteiger partial charge is 0.277 e. The van der Waals surface area contributed by atoms with Gasteiger partial charge in [-0.05, 0) is 60.1 Å². The summed E-state index contributed by atoms with van der Waals surface area (Å²) in [5.74, 6) is -0.275. The van der Waals surface area contributed by atoms with Gasteiger partial charge in [-0.1, -0.05) is 0 Å². The van der Waals surface area contributed by atoms with Gasteiger partial charge in [0.1, 0.15) is 0 Å². The summed E-state index contributed by atoms with van der Waals surface area (Å²) in [6.45, 7) is 6.13. The predicted molar refractivity (Wildman–Crippen MR) is 98.6 cm³/mol. The molecular weight excluding hydrogens is 370 g/mol. The summed E-state index contributed by atoms with van der Waals surface area (Å²) in [6, 6.07) is 9.56. The number of aromatic nitrogens is 3. The van der Waals surface area contributed by atoms with Gasteiger partial charge < -0.3 is 10.2 Å². The van der Waals surface area contributed by atoms with Crippen molar-refractivity contribution in [1.82, 2.24) is 14.6 Å². The standard InChI is InChI=1S/C17H18BrN5O/c1-3-22(4-2)13-8-6-12(7-9-13)20-17(24)15-14(18)16-19-10-5-11-23(16)21-15/h5-11H,3-4H2,1-2H3,(H,20,24). The molecule has 0 fully saturated rings. The van der Waals surface area contributed by atoms with E-state index in [1.807, 2.05) is 24.3 Å². The zero-order chi connectivity index (χ0) is 17.1. The van der Waals surface area contributed by atoms with E-state index in [-0.39, 0.29) is 5.91 Å². The molecule has 3 rings (SSSR count). The van der Waals surface area contributed by atoms with Gasteiger partial charge in [-0.2, -0.15) is 5.10 Å². The van der Waals surface area contributed by atoms with Crippen LogP contribution >= 0.6 is 15.9 Å². The fraction of sp³-hybridized carbons (Fsp3) is 0.235. The molecule has 0 bridgehead atoms. The molecule has 2 aromatic heterocycles. The summed E-state index contributed by atoms with van der Waals surface area (Å²) < 4.78 is 2.16. The van der Waals surface area contributed by atoms with Crippen molar-refractivity contribution in [2.75, 3.05) is 23.3 Å². The Balaban J connectivity index is 1.80. The summed E-state index contributed by atoms with van der Waals surface area (Å²) in [4.78, 5) is 18.9. The second-order valence-electron chi connectivity index (χ2n) is 5.22. The van der Waals surface area contributed by atoms with E-state index in [1.54, 1.807) is 23.0 Å². The van der Waals surface area contributed by atoms with Gasteiger partial charge in [0.05, 0.1) is 4.47 Å². The van der Waals surface area contributed by atoms with Gasteiger partial charge in [0.2, 0.25) is 0 Å². The van der Waals surface area contributed by atoms with Crippen LogP contribution in [0.3, 0.4) is 0 Å². The number of hydrogen-bond acceptors (Lipinski definition) is 4. The van der Waals surface area contributed by atoms with Crippen LogP contribution in [0.15, 0.2) is 47.2 Å². The Morgan fingerprint density at radius 3 is 2.58 bits per heavy atom. The molecule has 6 nitrogen and oxygen atoms in total. The minimum Gasteiger partial charge on any atom is -0.372 e. The maximum Gasteiger partial charge on any atom is 0.277 e. The third-order valence-electron chi connectivity index (χ3n) is 3.81. The molecule has 0 radical (unpaired) electrons. The molecule has 0 aliphatic carbocycles. The van der Waals surface area contributed by atoms with E-state index in [9.17, 15) is 4.79 Å². The highest BCUT2D eigenvalue weighted by atomic mass is 79.9. The molecule has 0 saturated heterocycles. The zero-order valence-corrected chi connectivity index (χ0v) is 15.1. The minimum atomic E-state index is -0.275. The zero-order valence-electron chi connectivity index (χ0n) is 13.5. The summed E-state index contributed by atoms with van der Waals surface area (Å²) >= 11 is 3.40. The molecule has 0 aliphatic heterocycles. The van der Waals surface area contributed by atoms with Crippen molar-refractivity contribution < 1.29 is 4.79 Å². The number of halogens is 1. The van der Waals surface area contributed by atoms with Crippen molar-refractivity contribution in [2.24, 2.45) is 0 Å². The molecule has 0 saturated carbocycles. The SMILES string of the molecule is CCN(CC)c1ccc(NC(=O)c2nn3cccnc3c2Br)cc1. The van der Waals surface area contributed by atoms with Crippen LogP contribution in [0.4, 0.5) is 11.4 Å². The van der Waals surface area contributed by atoms with E-state index in [1.165, 1.54) is 0 Å². The van der Waals surface area contributed by atoms with Gasteiger partial charge in [0.25, 0.3) is 5.91 Å². The molecule has 7 heteroatoms. The number of nitrogens with zero attached hydrogens (tertiary/aromatic N) is 4. The van der Waals surface area contributed by atoms with Crippen molar-refractivity contribution >= 4 is 38.9 Å². The molecule has 24 heavy (non-hydrogen) atoms. The fourth-order valence-corrected chi connectivity index (χ4v) is 3.08. The van der Waals surface area contributed by atoms with E-state index >= 15 is 0 Å². The van der Waals surface area contributed by atoms with Crippen LogP contribution in [0.5, 0.6) is 0 Å². The molecule has 2 heterocycles. The first-order valence-corrected chi connectivity index (χ1v) is 8.58. The average Bonchev–Trinajstić information content (AvgIpc) is 2.95. The lowest BCUT2D eigenvalue weighted by molar-refractivity contribution is 0.102. The second kappa shape index (κ2) is 7.00. The Bertz CT molecular complexity index is 855. The molecule has 0 aliphatic rings. The van der Waals surface area contributed by atoms with Gasteiger partial charge in [0, 0.05) is 36.9 Å². The molecule has 0 atom stereocenters. The Kier molecular flexibility index (Phi) is 4.80. The van der Waals surface area contributed by atoms with Crippen molar-refractivity contribution in [3.8, 4) is 0 Å². The van der Waals surface area contributed by atoms with E-state index in [4.69, 9.17) is 0 Å². The topological polar surface area (TPSA) is 62.5 Å². The summed E-state index contributed by atoms with van der Waals surface area (Å²) in [6.07, 6.45) is 3.41. The highest BCUT2D eigenvalue weighted by Crippen LogP contribution is 2.23. The number of amides is 1. The van der Waals surface area contributed by atoms with Crippen LogP contribution in [0.2, 0.25) is 0 Å². The van der Waals surface area contributed by atoms with Crippen LogP contribution in [-0.2, 0) is 0 Å². The highest BCUT2D eigenvalue weighted by Gasteiger charge is 2.18. The van der Waals surface area contributed by atoms with Gasteiger partial charge in [-0.3, -0.25) is 4.79 Å². The van der Waals surface area contributed by atoms with E-state index in [0.717, 1.165) is 24.5 Å². The van der Waals surface area contributed by atoms with Crippen LogP contribution in [-0.4, -0.2) is 33.6 Å². The first-order chi connectivity index (χ1) is 11.6. The van der Waals surface area contributed by atoms with Crippen molar-refractivity contribution in [2.45, 2.75) is 13.8 Å². The van der Waals surface area contributed by atoms with Gasteiger partial charge >= 0.3 is 0 Å². The summed E-state index contributed by atoms with van der Waals surface area (Å²) in [5, 5.41) is 7.14. The number of carbonyl (C=O) groups excluding carboxylic acids is 1. The third-order valence-corrected chi connectivity index (χ3v) is 4.54. The van der Waals surface area contributed by atoms with Crippen molar-refractivity contribution in [3.63, 3.8) is 0 Å². The van der Waals surface area contributed by atoms with Crippen LogP contribution in [0, 0.1) is 0 Å². The number of carbonyl (C=O) groups is 1.